The van der Waals surface area contributed by atoms with Gasteiger partial charge in [0.1, 0.15) is 0 Å². The normalized spacial score (nSPS) is 24.5. The number of aliphatic carboxylic acids is 1. The summed E-state index contributed by atoms with van der Waals surface area (Å²) in [4.78, 5) is 11.6. The first kappa shape index (κ1) is 21.6. The van der Waals surface area contributed by atoms with Gasteiger partial charge in [-0.3, -0.25) is 4.90 Å². The summed E-state index contributed by atoms with van der Waals surface area (Å²) in [5, 5.41) is 7.12. The molecule has 27 heavy (non-hydrogen) atoms. The molecular formula is C16H21F3N2O5S. The average molecular weight is 410 g/mol. The summed E-state index contributed by atoms with van der Waals surface area (Å²) in [5.41, 5.74) is 0.547. The Balaban J connectivity index is 0.000000321. The Bertz CT molecular complexity index is 799. The zero-order valence-electron chi connectivity index (χ0n) is 14.9. The maximum absolute atomic E-state index is 12.5. The fraction of sp³-hybridized carbons (Fsp3) is 0.562. The first-order chi connectivity index (χ1) is 12.5. The lowest BCUT2D eigenvalue weighted by atomic mass is 9.89. The van der Waals surface area contributed by atoms with Crippen LogP contribution in [-0.4, -0.2) is 75.3 Å². The first-order valence-electron chi connectivity index (χ1n) is 8.07. The highest BCUT2D eigenvalue weighted by molar-refractivity contribution is 7.89. The van der Waals surface area contributed by atoms with Crippen LogP contribution in [0.15, 0.2) is 29.2 Å². The van der Waals surface area contributed by atoms with Crippen molar-refractivity contribution in [1.82, 2.24) is 9.21 Å². The van der Waals surface area contributed by atoms with Crippen LogP contribution >= 0.6 is 0 Å². The number of hydrogen-bond donors (Lipinski definition) is 1. The molecule has 0 aromatic heterocycles. The van der Waals surface area contributed by atoms with Crippen LogP contribution in [0.2, 0.25) is 0 Å². The predicted octanol–water partition coefficient (Wildman–Crippen LogP) is 1.50. The van der Waals surface area contributed by atoms with Gasteiger partial charge in [-0.1, -0.05) is 18.2 Å². The number of likely N-dealkylation sites (tertiary alicyclic amines) is 1. The Kier molecular flexibility index (Phi) is 6.19. The Morgan fingerprint density at radius 1 is 1.33 bits per heavy atom. The number of likely N-dealkylation sites (N-methyl/N-ethyl adjacent to an activating group) is 1. The number of carbonyl (C=O) groups is 1. The molecule has 1 aromatic carbocycles. The zero-order valence-corrected chi connectivity index (χ0v) is 15.7. The lowest BCUT2D eigenvalue weighted by Gasteiger charge is -2.31. The van der Waals surface area contributed by atoms with E-state index in [1.165, 1.54) is 0 Å². The van der Waals surface area contributed by atoms with E-state index in [0.717, 1.165) is 31.6 Å². The number of fused-ring (bicyclic) bond motifs is 2. The molecule has 1 atom stereocenters. The highest BCUT2D eigenvalue weighted by Gasteiger charge is 2.54. The van der Waals surface area contributed by atoms with Crippen LogP contribution < -0.4 is 0 Å². The molecular weight excluding hydrogens is 389 g/mol. The number of carboxylic acids is 1. The van der Waals surface area contributed by atoms with Crippen molar-refractivity contribution in [1.29, 1.82) is 0 Å². The fourth-order valence-electron chi connectivity index (χ4n) is 3.38. The largest absolute Gasteiger partial charge is 0.490 e. The summed E-state index contributed by atoms with van der Waals surface area (Å²) in [6.45, 7) is 3.16. The number of sulfonamides is 1. The molecule has 1 N–H and O–H groups in total. The molecule has 3 rings (SSSR count). The summed E-state index contributed by atoms with van der Waals surface area (Å²) < 4.78 is 63.5. The summed E-state index contributed by atoms with van der Waals surface area (Å²) in [6.07, 6.45) is -4.25. The molecule has 0 bridgehead atoms. The second-order valence-corrected chi connectivity index (χ2v) is 8.26. The van der Waals surface area contributed by atoms with Crippen LogP contribution in [0.4, 0.5) is 13.2 Å². The van der Waals surface area contributed by atoms with Crippen molar-refractivity contribution in [2.45, 2.75) is 23.0 Å². The molecule has 2 aliphatic heterocycles. The van der Waals surface area contributed by atoms with Gasteiger partial charge < -0.3 is 9.84 Å². The van der Waals surface area contributed by atoms with E-state index >= 15 is 0 Å². The quantitative estimate of drug-likeness (QED) is 0.813. The third-order valence-electron chi connectivity index (χ3n) is 4.81. The Morgan fingerprint density at radius 3 is 2.48 bits per heavy atom. The van der Waals surface area contributed by atoms with E-state index in [2.05, 4.69) is 4.90 Å². The van der Waals surface area contributed by atoms with Gasteiger partial charge in [0.05, 0.1) is 17.0 Å². The molecule has 0 saturated carbocycles. The SMILES string of the molecule is COCCN1CCC2(C1)c1ccccc1S(=O)(=O)N2C.O=C(O)C(F)(F)F. The third kappa shape index (κ3) is 4.10. The van der Waals surface area contributed by atoms with Crippen LogP contribution in [0, 0.1) is 0 Å². The third-order valence-corrected chi connectivity index (χ3v) is 6.79. The molecule has 1 saturated heterocycles. The fourth-order valence-corrected chi connectivity index (χ4v) is 5.17. The minimum Gasteiger partial charge on any atom is -0.475 e. The van der Waals surface area contributed by atoms with E-state index < -0.39 is 27.7 Å². The molecule has 1 fully saturated rings. The van der Waals surface area contributed by atoms with E-state index in [0.29, 0.717) is 11.5 Å². The number of halogens is 3. The van der Waals surface area contributed by atoms with Crippen LogP contribution in [0.3, 0.4) is 0 Å². The molecule has 0 radical (unpaired) electrons. The number of rotatable bonds is 3. The maximum atomic E-state index is 12.5. The number of carboxylic acid groups (broad SMARTS) is 1. The van der Waals surface area contributed by atoms with Gasteiger partial charge in [-0.25, -0.2) is 13.2 Å². The van der Waals surface area contributed by atoms with Gasteiger partial charge in [-0.15, -0.1) is 0 Å². The van der Waals surface area contributed by atoms with E-state index in [-0.39, 0.29) is 0 Å². The number of methoxy groups -OCH3 is 1. The minimum absolute atomic E-state index is 0.400. The molecule has 1 aromatic rings. The van der Waals surface area contributed by atoms with Crippen LogP contribution in [0.1, 0.15) is 12.0 Å². The van der Waals surface area contributed by atoms with E-state index in [4.69, 9.17) is 14.6 Å². The van der Waals surface area contributed by atoms with Crippen LogP contribution in [0.5, 0.6) is 0 Å². The highest BCUT2D eigenvalue weighted by atomic mass is 32.2. The standard InChI is InChI=1S/C14H20N2O3S.C2HF3O2/c1-15-14(7-8-16(11-14)9-10-19-2)12-5-3-4-6-13(12)20(15,17)18;3-2(4,5)1(6)7/h3-6H,7-11H2,1-2H3;(H,6,7). The van der Waals surface area contributed by atoms with Gasteiger partial charge in [0.2, 0.25) is 10.0 Å². The minimum atomic E-state index is -5.08. The van der Waals surface area contributed by atoms with Crippen LogP contribution in [-0.2, 0) is 25.1 Å². The Morgan fingerprint density at radius 2 is 1.93 bits per heavy atom. The summed E-state index contributed by atoms with van der Waals surface area (Å²) >= 11 is 0. The van der Waals surface area contributed by atoms with Gasteiger partial charge in [-0.2, -0.15) is 17.5 Å². The number of nitrogens with zero attached hydrogens (tertiary/aromatic N) is 2. The molecule has 0 amide bonds. The van der Waals surface area contributed by atoms with Gasteiger partial charge in [0.25, 0.3) is 0 Å². The smallest absolute Gasteiger partial charge is 0.475 e. The number of ether oxygens (including phenoxy) is 1. The van der Waals surface area contributed by atoms with Crippen molar-refractivity contribution >= 4 is 16.0 Å². The summed E-state index contributed by atoms with van der Waals surface area (Å²) in [5.74, 6) is -2.76. The molecule has 152 valence electrons. The Hall–Kier alpha value is -1.69. The van der Waals surface area contributed by atoms with Crippen molar-refractivity contribution in [2.75, 3.05) is 40.4 Å². The highest BCUT2D eigenvalue weighted by Crippen LogP contribution is 2.48. The van der Waals surface area contributed by atoms with Crippen molar-refractivity contribution in [3.05, 3.63) is 29.8 Å². The monoisotopic (exact) mass is 410 g/mol. The van der Waals surface area contributed by atoms with E-state index in [9.17, 15) is 21.6 Å². The van der Waals surface area contributed by atoms with Crippen molar-refractivity contribution < 1.29 is 36.2 Å². The van der Waals surface area contributed by atoms with Gasteiger partial charge in [0.15, 0.2) is 0 Å². The average Bonchev–Trinajstić information content (AvgIpc) is 3.09. The molecule has 2 heterocycles. The molecule has 1 unspecified atom stereocenters. The zero-order chi connectivity index (χ0) is 20.5. The van der Waals surface area contributed by atoms with Crippen molar-refractivity contribution in [3.63, 3.8) is 0 Å². The lowest BCUT2D eigenvalue weighted by Crippen LogP contribution is -2.43. The topological polar surface area (TPSA) is 87.2 Å². The van der Waals surface area contributed by atoms with Crippen molar-refractivity contribution in [2.24, 2.45) is 0 Å². The van der Waals surface area contributed by atoms with E-state index in [1.54, 1.807) is 30.6 Å². The molecule has 1 spiro atoms. The molecule has 2 aliphatic rings. The Labute approximate surface area is 155 Å². The first-order valence-corrected chi connectivity index (χ1v) is 9.51. The lowest BCUT2D eigenvalue weighted by molar-refractivity contribution is -0.192. The molecule has 7 nitrogen and oxygen atoms in total. The van der Waals surface area contributed by atoms with Gasteiger partial charge in [0, 0.05) is 33.8 Å². The summed E-state index contributed by atoms with van der Waals surface area (Å²) in [7, 11) is 0.0467. The van der Waals surface area contributed by atoms with Crippen molar-refractivity contribution in [3.8, 4) is 0 Å². The number of benzene rings is 1. The van der Waals surface area contributed by atoms with Gasteiger partial charge >= 0.3 is 12.1 Å². The predicted molar refractivity (Wildman–Crippen MR) is 89.7 cm³/mol. The molecule has 11 heteroatoms. The van der Waals surface area contributed by atoms with E-state index in [1.807, 2.05) is 12.1 Å². The second kappa shape index (κ2) is 7.74. The van der Waals surface area contributed by atoms with Gasteiger partial charge in [-0.05, 0) is 18.1 Å². The second-order valence-electron chi connectivity index (χ2n) is 6.32. The number of hydrogen-bond acceptors (Lipinski definition) is 5. The maximum Gasteiger partial charge on any atom is 0.490 e. The number of alkyl halides is 3. The summed E-state index contributed by atoms with van der Waals surface area (Å²) in [6, 6.07) is 7.39. The van der Waals surface area contributed by atoms with Crippen LogP contribution in [0.25, 0.3) is 0 Å². The molecule has 0 aliphatic carbocycles.